The van der Waals surface area contributed by atoms with Gasteiger partial charge < -0.3 is 10.2 Å². The van der Waals surface area contributed by atoms with E-state index in [-0.39, 0.29) is 11.8 Å². The van der Waals surface area contributed by atoms with Crippen LogP contribution in [0.15, 0.2) is 42.5 Å². The first-order valence-corrected chi connectivity index (χ1v) is 8.28. The lowest BCUT2D eigenvalue weighted by Gasteiger charge is -2.20. The summed E-state index contributed by atoms with van der Waals surface area (Å²) in [4.78, 5) is 25.8. The molecule has 128 valence electrons. The third-order valence-electron chi connectivity index (χ3n) is 4.02. The Bertz CT molecular complexity index is 726. The predicted octanol–water partition coefficient (Wildman–Crippen LogP) is 3.35. The van der Waals surface area contributed by atoms with E-state index < -0.39 is 5.41 Å². The fourth-order valence-corrected chi connectivity index (χ4v) is 2.51. The van der Waals surface area contributed by atoms with Gasteiger partial charge in [0.25, 0.3) is 0 Å². The molecule has 0 aliphatic heterocycles. The van der Waals surface area contributed by atoms with Gasteiger partial charge in [0.05, 0.1) is 0 Å². The van der Waals surface area contributed by atoms with Crippen molar-refractivity contribution in [2.24, 2.45) is 5.41 Å². The minimum atomic E-state index is -0.433. The summed E-state index contributed by atoms with van der Waals surface area (Å²) < 4.78 is 0. The number of fused-ring (bicyclic) bond motifs is 1. The molecule has 0 unspecified atom stereocenters. The highest BCUT2D eigenvalue weighted by Gasteiger charge is 2.21. The van der Waals surface area contributed by atoms with Gasteiger partial charge in [0, 0.05) is 32.0 Å². The summed E-state index contributed by atoms with van der Waals surface area (Å²) in [5, 5.41) is 5.16. The Morgan fingerprint density at radius 2 is 1.71 bits per heavy atom. The number of amides is 2. The third-order valence-corrected chi connectivity index (χ3v) is 4.02. The van der Waals surface area contributed by atoms with E-state index in [1.807, 2.05) is 45.0 Å². The number of carbonyl (C=O) groups excluding carboxylic acids is 2. The molecule has 0 aliphatic rings. The van der Waals surface area contributed by atoms with E-state index in [2.05, 4.69) is 23.5 Å². The van der Waals surface area contributed by atoms with Crippen LogP contribution in [0.3, 0.4) is 0 Å². The SMILES string of the molecule is CN(Cc1cccc2ccccc12)C(=O)CCNC(=O)C(C)(C)C. The van der Waals surface area contributed by atoms with E-state index >= 15 is 0 Å². The van der Waals surface area contributed by atoms with Gasteiger partial charge in [-0.15, -0.1) is 0 Å². The maximum absolute atomic E-state index is 12.3. The summed E-state index contributed by atoms with van der Waals surface area (Å²) in [5.41, 5.74) is 0.695. The molecule has 2 rings (SSSR count). The van der Waals surface area contributed by atoms with Crippen LogP contribution in [-0.2, 0) is 16.1 Å². The van der Waals surface area contributed by atoms with Crippen molar-refractivity contribution in [2.45, 2.75) is 33.7 Å². The van der Waals surface area contributed by atoms with Crippen LogP contribution in [0, 0.1) is 5.41 Å². The van der Waals surface area contributed by atoms with Gasteiger partial charge >= 0.3 is 0 Å². The molecule has 4 heteroatoms. The van der Waals surface area contributed by atoms with E-state index in [9.17, 15) is 9.59 Å². The summed E-state index contributed by atoms with van der Waals surface area (Å²) in [6, 6.07) is 14.3. The third kappa shape index (κ3) is 4.57. The van der Waals surface area contributed by atoms with Crippen molar-refractivity contribution in [2.75, 3.05) is 13.6 Å². The lowest BCUT2D eigenvalue weighted by atomic mass is 9.96. The van der Waals surface area contributed by atoms with Crippen LogP contribution in [-0.4, -0.2) is 30.3 Å². The molecule has 2 aromatic carbocycles. The van der Waals surface area contributed by atoms with E-state index in [1.165, 1.54) is 10.8 Å². The average Bonchev–Trinajstić information content (AvgIpc) is 2.54. The molecule has 0 fully saturated rings. The topological polar surface area (TPSA) is 49.4 Å². The van der Waals surface area contributed by atoms with Crippen LogP contribution in [0.5, 0.6) is 0 Å². The first kappa shape index (κ1) is 18.0. The molecule has 0 radical (unpaired) electrons. The normalized spacial score (nSPS) is 11.3. The predicted molar refractivity (Wildman–Crippen MR) is 97.5 cm³/mol. The number of benzene rings is 2. The number of nitrogens with zero attached hydrogens (tertiary/aromatic N) is 1. The van der Waals surface area contributed by atoms with Gasteiger partial charge in [-0.25, -0.2) is 0 Å². The summed E-state index contributed by atoms with van der Waals surface area (Å²) in [7, 11) is 1.80. The maximum atomic E-state index is 12.3. The van der Waals surface area contributed by atoms with Crippen LogP contribution in [0.2, 0.25) is 0 Å². The van der Waals surface area contributed by atoms with Crippen LogP contribution in [0.25, 0.3) is 10.8 Å². The van der Waals surface area contributed by atoms with Crippen molar-refractivity contribution < 1.29 is 9.59 Å². The summed E-state index contributed by atoms with van der Waals surface area (Å²) in [5.74, 6) is -0.0100. The molecule has 0 aromatic heterocycles. The largest absolute Gasteiger partial charge is 0.355 e. The Kier molecular flexibility index (Phi) is 5.60. The molecule has 1 N–H and O–H groups in total. The minimum Gasteiger partial charge on any atom is -0.355 e. The first-order valence-electron chi connectivity index (χ1n) is 8.28. The van der Waals surface area contributed by atoms with Crippen molar-refractivity contribution in [1.82, 2.24) is 10.2 Å². The van der Waals surface area contributed by atoms with Crippen LogP contribution >= 0.6 is 0 Å². The fraction of sp³-hybridized carbons (Fsp3) is 0.400. The number of rotatable bonds is 5. The number of hydrogen-bond acceptors (Lipinski definition) is 2. The Morgan fingerprint density at radius 3 is 2.42 bits per heavy atom. The van der Waals surface area contributed by atoms with Crippen molar-refractivity contribution in [3.63, 3.8) is 0 Å². The van der Waals surface area contributed by atoms with Crippen molar-refractivity contribution in [3.8, 4) is 0 Å². The quantitative estimate of drug-likeness (QED) is 0.916. The lowest BCUT2D eigenvalue weighted by molar-refractivity contribution is -0.131. The van der Waals surface area contributed by atoms with Gasteiger partial charge in [-0.1, -0.05) is 63.2 Å². The second kappa shape index (κ2) is 7.47. The molecule has 0 aliphatic carbocycles. The average molecular weight is 326 g/mol. The van der Waals surface area contributed by atoms with Gasteiger partial charge in [-0.05, 0) is 16.3 Å². The van der Waals surface area contributed by atoms with Crippen LogP contribution in [0.4, 0.5) is 0 Å². The molecule has 4 nitrogen and oxygen atoms in total. The smallest absolute Gasteiger partial charge is 0.225 e. The Balaban J connectivity index is 1.93. The molecule has 0 bridgehead atoms. The van der Waals surface area contributed by atoms with Gasteiger partial charge in [0.2, 0.25) is 11.8 Å². The molecule has 0 saturated carbocycles. The number of carbonyl (C=O) groups is 2. The molecular weight excluding hydrogens is 300 g/mol. The zero-order valence-corrected chi connectivity index (χ0v) is 14.9. The van der Waals surface area contributed by atoms with Crippen molar-refractivity contribution in [3.05, 3.63) is 48.0 Å². The molecule has 2 amide bonds. The highest BCUT2D eigenvalue weighted by Crippen LogP contribution is 2.19. The molecule has 24 heavy (non-hydrogen) atoms. The highest BCUT2D eigenvalue weighted by molar-refractivity contribution is 5.86. The second-order valence-corrected chi connectivity index (χ2v) is 7.14. The van der Waals surface area contributed by atoms with Crippen LogP contribution in [0.1, 0.15) is 32.8 Å². The van der Waals surface area contributed by atoms with Crippen molar-refractivity contribution >= 4 is 22.6 Å². The lowest BCUT2D eigenvalue weighted by Crippen LogP contribution is -2.37. The summed E-state index contributed by atoms with van der Waals surface area (Å²) in [6.45, 7) is 6.51. The molecule has 0 saturated heterocycles. The van der Waals surface area contributed by atoms with Gasteiger partial charge in [-0.2, -0.15) is 0 Å². The van der Waals surface area contributed by atoms with Gasteiger partial charge in [0.1, 0.15) is 0 Å². The first-order chi connectivity index (χ1) is 11.3. The number of nitrogens with one attached hydrogen (secondary N) is 1. The van der Waals surface area contributed by atoms with Gasteiger partial charge in [0.15, 0.2) is 0 Å². The Hall–Kier alpha value is -2.36. The van der Waals surface area contributed by atoms with Gasteiger partial charge in [-0.3, -0.25) is 9.59 Å². The summed E-state index contributed by atoms with van der Waals surface area (Å²) in [6.07, 6.45) is 0.309. The highest BCUT2D eigenvalue weighted by atomic mass is 16.2. The maximum Gasteiger partial charge on any atom is 0.225 e. The van der Waals surface area contributed by atoms with E-state index in [0.717, 1.165) is 5.56 Å². The monoisotopic (exact) mass is 326 g/mol. The molecule has 0 atom stereocenters. The minimum absolute atomic E-state index is 0.0251. The standard InChI is InChI=1S/C20H26N2O2/c1-20(2,3)19(24)21-13-12-18(23)22(4)14-16-10-7-9-15-8-5-6-11-17(15)16/h5-11H,12-14H2,1-4H3,(H,21,24). The molecule has 0 heterocycles. The fourth-order valence-electron chi connectivity index (χ4n) is 2.51. The zero-order chi connectivity index (χ0) is 17.7. The van der Waals surface area contributed by atoms with Crippen LogP contribution < -0.4 is 5.32 Å². The molecule has 2 aromatic rings. The Morgan fingerprint density at radius 1 is 1.04 bits per heavy atom. The summed E-state index contributed by atoms with van der Waals surface area (Å²) >= 11 is 0. The number of hydrogen-bond donors (Lipinski definition) is 1. The van der Waals surface area contributed by atoms with Crippen molar-refractivity contribution in [1.29, 1.82) is 0 Å². The molecular formula is C20H26N2O2. The molecule has 0 spiro atoms. The zero-order valence-electron chi connectivity index (χ0n) is 14.9. The van der Waals surface area contributed by atoms with E-state index in [4.69, 9.17) is 0 Å². The van der Waals surface area contributed by atoms with E-state index in [1.54, 1.807) is 11.9 Å². The Labute approximate surface area is 143 Å². The second-order valence-electron chi connectivity index (χ2n) is 7.14. The van der Waals surface area contributed by atoms with E-state index in [0.29, 0.717) is 19.5 Å².